The Bertz CT molecular complexity index is 2910. The van der Waals surface area contributed by atoms with Crippen LogP contribution in [-0.2, 0) is 10.8 Å². The van der Waals surface area contributed by atoms with E-state index in [2.05, 4.69) is 261 Å². The van der Waals surface area contributed by atoms with E-state index in [1.807, 2.05) is 12.2 Å². The summed E-state index contributed by atoms with van der Waals surface area (Å²) in [7, 11) is 0. The van der Waals surface area contributed by atoms with Gasteiger partial charge in [-0.3, -0.25) is 0 Å². The van der Waals surface area contributed by atoms with E-state index < -0.39 is 0 Å². The fraction of sp³-hybridized carbons (Fsp3) is 0.156. The lowest BCUT2D eigenvalue weighted by molar-refractivity contribution is 0.660. The van der Waals surface area contributed by atoms with Crippen molar-refractivity contribution in [1.29, 1.82) is 0 Å². The predicted molar refractivity (Wildman–Crippen MR) is 285 cm³/mol. The standard InChI is InChI=1S/C64H60N2/c1-11-43(3)15-13-37-65(51-27-17-45(5)18-28-51)53-31-35-57-55-33-25-49(39-59(55)63(7,8)61(57)41-53)47-21-23-48(24-22-47)50-26-34-56-58-36-32-54(42-62(58)64(9,10)60(56)40-50)66(38-14-16-44(4)12-2)52-29-19-46(6)20-30-52/h11-42H,1-2H2,3-10H3/b37-13+,38-14+,43-15-,44-16-. The fourth-order valence-corrected chi connectivity index (χ4v) is 9.72. The third-order valence-electron chi connectivity index (χ3n) is 13.9. The molecule has 2 aliphatic rings. The lowest BCUT2D eigenvalue weighted by Crippen LogP contribution is -2.16. The number of aryl methyl sites for hydroxylation is 2. The number of rotatable bonds is 12. The molecule has 0 saturated carbocycles. The quantitative estimate of drug-likeness (QED) is 0.113. The molecule has 7 aromatic carbocycles. The van der Waals surface area contributed by atoms with Crippen molar-refractivity contribution in [3.8, 4) is 44.5 Å². The zero-order valence-electron chi connectivity index (χ0n) is 39.8. The van der Waals surface area contributed by atoms with Crippen molar-refractivity contribution in [3.05, 3.63) is 252 Å². The Kier molecular flexibility index (Phi) is 11.6. The van der Waals surface area contributed by atoms with Crippen LogP contribution in [0.3, 0.4) is 0 Å². The highest BCUT2D eigenvalue weighted by atomic mass is 15.1. The zero-order chi connectivity index (χ0) is 46.3. The highest BCUT2D eigenvalue weighted by Gasteiger charge is 2.37. The van der Waals surface area contributed by atoms with Crippen LogP contribution in [0.5, 0.6) is 0 Å². The third kappa shape index (κ3) is 8.13. The van der Waals surface area contributed by atoms with Gasteiger partial charge in [0.15, 0.2) is 0 Å². The van der Waals surface area contributed by atoms with Crippen molar-refractivity contribution in [2.45, 2.75) is 66.2 Å². The van der Waals surface area contributed by atoms with Gasteiger partial charge in [0.25, 0.3) is 0 Å². The molecule has 2 heteroatoms. The van der Waals surface area contributed by atoms with Crippen LogP contribution in [-0.4, -0.2) is 0 Å². The molecule has 0 atom stereocenters. The summed E-state index contributed by atoms with van der Waals surface area (Å²) in [6.07, 6.45) is 16.5. The van der Waals surface area contributed by atoms with Gasteiger partial charge < -0.3 is 9.80 Å². The van der Waals surface area contributed by atoms with Crippen LogP contribution in [0.1, 0.15) is 74.9 Å². The van der Waals surface area contributed by atoms with Gasteiger partial charge in [-0.2, -0.15) is 0 Å². The van der Waals surface area contributed by atoms with E-state index in [9.17, 15) is 0 Å². The SMILES string of the molecule is C=C/C(C)=C\C=C\N(c1ccc(C)cc1)c1ccc2c(c1)C(C)(C)c1cc(-c3ccc(-c4ccc5c(c4)C(C)(C)c4cc(N(/C=C/C=C(/C)C=C)c6ccc(C)cc6)ccc4-5)cc3)ccc1-2. The van der Waals surface area contributed by atoms with E-state index in [4.69, 9.17) is 0 Å². The van der Waals surface area contributed by atoms with Crippen LogP contribution in [0, 0.1) is 13.8 Å². The van der Waals surface area contributed by atoms with Crippen LogP contribution >= 0.6 is 0 Å². The second-order valence-electron chi connectivity index (χ2n) is 19.1. The molecule has 326 valence electrons. The highest BCUT2D eigenvalue weighted by molar-refractivity contribution is 5.88. The molecule has 0 saturated heterocycles. The van der Waals surface area contributed by atoms with Crippen molar-refractivity contribution in [2.75, 3.05) is 9.80 Å². The smallest absolute Gasteiger partial charge is 0.0458 e. The van der Waals surface area contributed by atoms with Gasteiger partial charge in [-0.05, 0) is 167 Å². The molecule has 2 nitrogen and oxygen atoms in total. The van der Waals surface area contributed by atoms with Gasteiger partial charge in [-0.25, -0.2) is 0 Å². The largest absolute Gasteiger partial charge is 0.317 e. The molecule has 0 aromatic heterocycles. The van der Waals surface area contributed by atoms with E-state index in [1.165, 1.54) is 77.9 Å². The number of fused-ring (bicyclic) bond motifs is 6. The number of anilines is 4. The molecule has 9 rings (SSSR count). The molecular formula is C64H60N2. The van der Waals surface area contributed by atoms with E-state index >= 15 is 0 Å². The Labute approximate surface area is 393 Å². The molecule has 66 heavy (non-hydrogen) atoms. The Morgan fingerprint density at radius 2 is 0.697 bits per heavy atom. The summed E-state index contributed by atoms with van der Waals surface area (Å²) in [6, 6.07) is 54.6. The van der Waals surface area contributed by atoms with E-state index in [0.29, 0.717) is 0 Å². The molecule has 0 spiro atoms. The first-order chi connectivity index (χ1) is 31.8. The van der Waals surface area contributed by atoms with E-state index in [-0.39, 0.29) is 10.8 Å². The molecule has 7 aromatic rings. The van der Waals surface area contributed by atoms with Crippen molar-refractivity contribution < 1.29 is 0 Å². The molecule has 0 heterocycles. The highest BCUT2D eigenvalue weighted by Crippen LogP contribution is 2.53. The van der Waals surface area contributed by atoms with Gasteiger partial charge >= 0.3 is 0 Å². The number of hydrogen-bond donors (Lipinski definition) is 0. The second kappa shape index (κ2) is 17.5. The van der Waals surface area contributed by atoms with Crippen molar-refractivity contribution >= 4 is 22.7 Å². The van der Waals surface area contributed by atoms with Crippen molar-refractivity contribution in [2.24, 2.45) is 0 Å². The summed E-state index contributed by atoms with van der Waals surface area (Å²) in [5.74, 6) is 0. The van der Waals surface area contributed by atoms with Crippen molar-refractivity contribution in [1.82, 2.24) is 0 Å². The molecule has 0 N–H and O–H groups in total. The average molecular weight is 857 g/mol. The average Bonchev–Trinajstić information content (AvgIpc) is 3.70. The maximum Gasteiger partial charge on any atom is 0.0458 e. The summed E-state index contributed by atoms with van der Waals surface area (Å²) < 4.78 is 0. The van der Waals surface area contributed by atoms with Crippen LogP contribution in [0.4, 0.5) is 22.7 Å². The van der Waals surface area contributed by atoms with Gasteiger partial charge in [-0.15, -0.1) is 0 Å². The molecular weight excluding hydrogens is 797 g/mol. The first kappa shape index (κ1) is 43.8. The minimum Gasteiger partial charge on any atom is -0.317 e. The molecule has 0 unspecified atom stereocenters. The maximum absolute atomic E-state index is 3.92. The predicted octanol–water partition coefficient (Wildman–Crippen LogP) is 17.8. The molecule has 2 aliphatic carbocycles. The number of hydrogen-bond acceptors (Lipinski definition) is 2. The Balaban J connectivity index is 0.980. The molecule has 0 amide bonds. The third-order valence-corrected chi connectivity index (χ3v) is 13.9. The first-order valence-electron chi connectivity index (χ1n) is 23.1. The topological polar surface area (TPSA) is 6.48 Å². The van der Waals surface area contributed by atoms with Gasteiger partial charge in [0.05, 0.1) is 0 Å². The Morgan fingerprint density at radius 1 is 0.394 bits per heavy atom. The summed E-state index contributed by atoms with van der Waals surface area (Å²) in [4.78, 5) is 4.56. The summed E-state index contributed by atoms with van der Waals surface area (Å²) in [5, 5.41) is 0. The fourth-order valence-electron chi connectivity index (χ4n) is 9.72. The van der Waals surface area contributed by atoms with Crippen LogP contribution in [0.2, 0.25) is 0 Å². The van der Waals surface area contributed by atoms with Gasteiger partial charge in [0, 0.05) is 46.0 Å². The van der Waals surface area contributed by atoms with Crippen molar-refractivity contribution in [3.63, 3.8) is 0 Å². The Morgan fingerprint density at radius 3 is 1.05 bits per heavy atom. The number of benzene rings is 7. The second-order valence-corrected chi connectivity index (χ2v) is 19.1. The first-order valence-corrected chi connectivity index (χ1v) is 23.1. The van der Waals surface area contributed by atoms with Crippen LogP contribution < -0.4 is 9.80 Å². The summed E-state index contributed by atoms with van der Waals surface area (Å²) in [6.45, 7) is 25.7. The normalized spacial score (nSPS) is 14.5. The molecule has 0 aliphatic heterocycles. The minimum absolute atomic E-state index is 0.175. The lowest BCUT2D eigenvalue weighted by atomic mass is 9.81. The van der Waals surface area contributed by atoms with Gasteiger partial charge in [-0.1, -0.05) is 172 Å². The van der Waals surface area contributed by atoms with Crippen LogP contribution in [0.15, 0.2) is 219 Å². The van der Waals surface area contributed by atoms with E-state index in [0.717, 1.165) is 33.9 Å². The lowest BCUT2D eigenvalue weighted by Gasteiger charge is -2.26. The van der Waals surface area contributed by atoms with Crippen LogP contribution in [0.25, 0.3) is 44.5 Å². The van der Waals surface area contributed by atoms with Gasteiger partial charge in [0.1, 0.15) is 0 Å². The minimum atomic E-state index is -0.175. The monoisotopic (exact) mass is 856 g/mol. The van der Waals surface area contributed by atoms with Gasteiger partial charge in [0.2, 0.25) is 0 Å². The number of allylic oxidation sites excluding steroid dienone is 8. The summed E-state index contributed by atoms with van der Waals surface area (Å²) >= 11 is 0. The maximum atomic E-state index is 3.92. The Hall–Kier alpha value is -7.42. The zero-order valence-corrected chi connectivity index (χ0v) is 39.8. The summed E-state index contributed by atoms with van der Waals surface area (Å²) in [5.41, 5.74) is 24.5. The molecule has 0 fully saturated rings. The molecule has 0 radical (unpaired) electrons. The number of nitrogens with zero attached hydrogens (tertiary/aromatic N) is 2. The molecule has 0 bridgehead atoms. The van der Waals surface area contributed by atoms with E-state index in [1.54, 1.807) is 0 Å².